The fourth-order valence-electron chi connectivity index (χ4n) is 1.04. The Kier molecular flexibility index (Phi) is 5.46. The van der Waals surface area contributed by atoms with Crippen LogP contribution in [0.1, 0.15) is 5.56 Å². The lowest BCUT2D eigenvalue weighted by atomic mass is 10.2. The number of hydrogen-bond donors (Lipinski definition) is 2. The van der Waals surface area contributed by atoms with Crippen molar-refractivity contribution in [2.75, 3.05) is 13.2 Å². The van der Waals surface area contributed by atoms with E-state index in [-0.39, 0.29) is 6.61 Å². The van der Waals surface area contributed by atoms with Crippen molar-refractivity contribution in [3.05, 3.63) is 42.0 Å². The van der Waals surface area contributed by atoms with Gasteiger partial charge in [-0.25, -0.2) is 4.79 Å². The maximum atomic E-state index is 10.4. The molecule has 0 fully saturated rings. The first-order chi connectivity index (χ1) is 8.24. The smallest absolute Gasteiger partial charge is 0.356 e. The summed E-state index contributed by atoms with van der Waals surface area (Å²) in [6.07, 6.45) is 3.53. The van der Waals surface area contributed by atoms with Crippen molar-refractivity contribution in [1.29, 1.82) is 0 Å². The second kappa shape index (κ2) is 7.19. The van der Waals surface area contributed by atoms with Gasteiger partial charge in [-0.1, -0.05) is 41.6 Å². The van der Waals surface area contributed by atoms with Gasteiger partial charge in [-0.05, 0) is 11.6 Å². The van der Waals surface area contributed by atoms with E-state index in [9.17, 15) is 4.79 Å². The zero-order valence-corrected chi connectivity index (χ0v) is 9.11. The Balaban J connectivity index is 2.38. The molecule has 0 bridgehead atoms. The summed E-state index contributed by atoms with van der Waals surface area (Å²) in [6.45, 7) is -0.511. The van der Waals surface area contributed by atoms with Gasteiger partial charge in [0.25, 0.3) is 0 Å². The highest BCUT2D eigenvalue weighted by Gasteiger charge is 2.07. The Hall–Kier alpha value is -2.14. The van der Waals surface area contributed by atoms with Crippen LogP contribution in [0.25, 0.3) is 6.08 Å². The summed E-state index contributed by atoms with van der Waals surface area (Å²) in [7, 11) is 0. The van der Waals surface area contributed by atoms with Gasteiger partial charge in [0.2, 0.25) is 0 Å². The molecule has 0 radical (unpaired) electrons. The van der Waals surface area contributed by atoms with Crippen molar-refractivity contribution in [3.63, 3.8) is 0 Å². The summed E-state index contributed by atoms with van der Waals surface area (Å²) >= 11 is 0. The van der Waals surface area contributed by atoms with Crippen molar-refractivity contribution < 1.29 is 19.8 Å². The molecule has 0 unspecified atom stereocenters. The van der Waals surface area contributed by atoms with Crippen LogP contribution in [0.3, 0.4) is 0 Å². The molecular weight excluding hydrogens is 222 g/mol. The van der Waals surface area contributed by atoms with Crippen LogP contribution in [-0.2, 0) is 9.63 Å². The average molecular weight is 235 g/mol. The third kappa shape index (κ3) is 4.94. The van der Waals surface area contributed by atoms with Crippen molar-refractivity contribution in [2.24, 2.45) is 5.16 Å². The van der Waals surface area contributed by atoms with Crippen molar-refractivity contribution in [2.45, 2.75) is 0 Å². The second-order valence-corrected chi connectivity index (χ2v) is 3.11. The molecule has 90 valence electrons. The van der Waals surface area contributed by atoms with E-state index in [0.29, 0.717) is 0 Å². The molecule has 0 aliphatic carbocycles. The Morgan fingerprint density at radius 2 is 2.06 bits per heavy atom. The molecule has 0 aliphatic rings. The Morgan fingerprint density at radius 3 is 2.65 bits per heavy atom. The second-order valence-electron chi connectivity index (χ2n) is 3.11. The number of benzene rings is 1. The van der Waals surface area contributed by atoms with Gasteiger partial charge in [0, 0.05) is 0 Å². The highest BCUT2D eigenvalue weighted by Crippen LogP contribution is 2.00. The molecule has 0 spiro atoms. The van der Waals surface area contributed by atoms with Crippen LogP contribution in [0.4, 0.5) is 0 Å². The molecular formula is C12H13NO4. The van der Waals surface area contributed by atoms with E-state index < -0.39 is 18.3 Å². The number of hydrogen-bond acceptors (Lipinski definition) is 4. The van der Waals surface area contributed by atoms with E-state index in [1.165, 1.54) is 0 Å². The van der Waals surface area contributed by atoms with Crippen molar-refractivity contribution in [1.82, 2.24) is 0 Å². The molecule has 2 N–H and O–H groups in total. The van der Waals surface area contributed by atoms with Crippen LogP contribution in [0, 0.1) is 0 Å². The van der Waals surface area contributed by atoms with E-state index in [4.69, 9.17) is 15.1 Å². The van der Waals surface area contributed by atoms with Gasteiger partial charge in [0.15, 0.2) is 5.71 Å². The van der Waals surface area contributed by atoms with Gasteiger partial charge in [-0.15, -0.1) is 0 Å². The Bertz CT molecular complexity index is 412. The summed E-state index contributed by atoms with van der Waals surface area (Å²) in [5, 5.41) is 20.4. The number of nitrogens with zero attached hydrogens (tertiary/aromatic N) is 1. The quantitative estimate of drug-likeness (QED) is 0.440. The zero-order chi connectivity index (χ0) is 12.5. The van der Waals surface area contributed by atoms with Crippen LogP contribution < -0.4 is 0 Å². The third-order valence-electron chi connectivity index (χ3n) is 1.85. The van der Waals surface area contributed by atoms with Gasteiger partial charge in [-0.2, -0.15) is 0 Å². The molecule has 5 heteroatoms. The molecule has 0 amide bonds. The maximum Gasteiger partial charge on any atom is 0.356 e. The number of aliphatic hydroxyl groups is 1. The first-order valence-electron chi connectivity index (χ1n) is 4.98. The Morgan fingerprint density at radius 1 is 1.35 bits per heavy atom. The lowest BCUT2D eigenvalue weighted by molar-refractivity contribution is -0.129. The molecule has 17 heavy (non-hydrogen) atoms. The van der Waals surface area contributed by atoms with Crippen LogP contribution in [-0.4, -0.2) is 35.1 Å². The van der Waals surface area contributed by atoms with E-state index in [1.54, 1.807) is 6.08 Å². The van der Waals surface area contributed by atoms with Crippen LogP contribution in [0.2, 0.25) is 0 Å². The number of aliphatic carboxylic acids is 1. The molecule has 1 aromatic carbocycles. The lowest BCUT2D eigenvalue weighted by Gasteiger charge is -1.97. The first-order valence-corrected chi connectivity index (χ1v) is 4.98. The first kappa shape index (κ1) is 12.9. The summed E-state index contributed by atoms with van der Waals surface area (Å²) in [4.78, 5) is 15.2. The minimum atomic E-state index is -1.29. The molecule has 1 aromatic rings. The standard InChI is InChI=1S/C12H13NO4/c14-9-11(12(15)16)13-17-8-4-7-10-5-2-1-3-6-10/h1-7,14H,8-9H2,(H,15,16). The number of carboxylic acid groups (broad SMARTS) is 1. The normalized spacial score (nSPS) is 11.7. The SMILES string of the molecule is O=C(O)C(CO)=NOCC=Cc1ccccc1. The van der Waals surface area contributed by atoms with Gasteiger partial charge < -0.3 is 15.1 Å². The lowest BCUT2D eigenvalue weighted by Crippen LogP contribution is -2.17. The highest BCUT2D eigenvalue weighted by atomic mass is 16.6. The maximum absolute atomic E-state index is 10.4. The van der Waals surface area contributed by atoms with Crippen molar-refractivity contribution >= 4 is 17.8 Å². The molecule has 0 aliphatic heterocycles. The summed E-state index contributed by atoms with van der Waals surface area (Å²) in [5.74, 6) is -1.29. The van der Waals surface area contributed by atoms with Crippen LogP contribution >= 0.6 is 0 Å². The molecule has 0 saturated carbocycles. The molecule has 0 saturated heterocycles. The topological polar surface area (TPSA) is 79.1 Å². The number of carboxylic acids is 1. The van der Waals surface area contributed by atoms with E-state index in [2.05, 4.69) is 5.16 Å². The summed E-state index contributed by atoms with van der Waals surface area (Å²) in [5.41, 5.74) is 0.596. The largest absolute Gasteiger partial charge is 0.477 e. The van der Waals surface area contributed by atoms with Crippen LogP contribution in [0.5, 0.6) is 0 Å². The zero-order valence-electron chi connectivity index (χ0n) is 9.11. The van der Waals surface area contributed by atoms with E-state index >= 15 is 0 Å². The number of oxime groups is 1. The summed E-state index contributed by atoms with van der Waals surface area (Å²) in [6, 6.07) is 9.59. The van der Waals surface area contributed by atoms with E-state index in [1.807, 2.05) is 36.4 Å². The number of carbonyl (C=O) groups is 1. The van der Waals surface area contributed by atoms with Gasteiger partial charge >= 0.3 is 5.97 Å². The number of rotatable bonds is 6. The summed E-state index contributed by atoms with van der Waals surface area (Å²) < 4.78 is 0. The van der Waals surface area contributed by atoms with E-state index in [0.717, 1.165) is 5.56 Å². The van der Waals surface area contributed by atoms with Gasteiger partial charge in [0.1, 0.15) is 6.61 Å². The minimum Gasteiger partial charge on any atom is -0.477 e. The van der Waals surface area contributed by atoms with Crippen LogP contribution in [0.15, 0.2) is 41.6 Å². The minimum absolute atomic E-state index is 0.145. The van der Waals surface area contributed by atoms with Gasteiger partial charge in [0.05, 0.1) is 6.61 Å². The van der Waals surface area contributed by atoms with Crippen molar-refractivity contribution in [3.8, 4) is 0 Å². The molecule has 0 heterocycles. The molecule has 0 aromatic heterocycles. The fraction of sp³-hybridized carbons (Fsp3) is 0.167. The molecule has 0 atom stereocenters. The predicted molar refractivity (Wildman–Crippen MR) is 63.6 cm³/mol. The molecule has 5 nitrogen and oxygen atoms in total. The average Bonchev–Trinajstić information content (AvgIpc) is 2.34. The number of aliphatic hydroxyl groups excluding tert-OH is 1. The fourth-order valence-corrected chi connectivity index (χ4v) is 1.04. The van der Waals surface area contributed by atoms with Gasteiger partial charge in [-0.3, -0.25) is 0 Å². The third-order valence-corrected chi connectivity index (χ3v) is 1.85. The monoisotopic (exact) mass is 235 g/mol. The Labute approximate surface area is 98.6 Å². The highest BCUT2D eigenvalue weighted by molar-refractivity contribution is 6.35. The molecule has 1 rings (SSSR count). The predicted octanol–water partition coefficient (Wildman–Crippen LogP) is 1.15.